The molecule has 1 unspecified atom stereocenters. The third kappa shape index (κ3) is 4.30. The van der Waals surface area contributed by atoms with E-state index in [-0.39, 0.29) is 12.5 Å². The Bertz CT molecular complexity index is 615. The SMILES string of the molecule is OCCCCC(c1cccc(C(F)(F)F)c1)c1nnc(Br)[nH]1. The molecule has 0 radical (unpaired) electrons. The van der Waals surface area contributed by atoms with Crippen LogP contribution in [0.25, 0.3) is 0 Å². The number of alkyl halides is 3. The molecule has 0 aliphatic carbocycles. The maximum atomic E-state index is 12.9. The second-order valence-corrected chi connectivity index (χ2v) is 5.65. The van der Waals surface area contributed by atoms with Crippen LogP contribution in [0.1, 0.15) is 42.1 Å². The van der Waals surface area contributed by atoms with Crippen LogP contribution in [-0.4, -0.2) is 26.9 Å². The minimum atomic E-state index is -4.38. The summed E-state index contributed by atoms with van der Waals surface area (Å²) in [7, 11) is 0. The molecule has 0 aliphatic rings. The first-order chi connectivity index (χ1) is 10.4. The van der Waals surface area contributed by atoms with Crippen molar-refractivity contribution in [1.82, 2.24) is 15.2 Å². The molecule has 0 fully saturated rings. The highest BCUT2D eigenvalue weighted by molar-refractivity contribution is 9.10. The van der Waals surface area contributed by atoms with E-state index in [4.69, 9.17) is 5.11 Å². The second kappa shape index (κ2) is 7.23. The first-order valence-corrected chi connectivity index (χ1v) is 7.57. The Labute approximate surface area is 133 Å². The zero-order valence-corrected chi connectivity index (χ0v) is 13.2. The van der Waals surface area contributed by atoms with Crippen LogP contribution in [0, 0.1) is 0 Å². The lowest BCUT2D eigenvalue weighted by Crippen LogP contribution is -2.09. The van der Waals surface area contributed by atoms with E-state index >= 15 is 0 Å². The second-order valence-electron chi connectivity index (χ2n) is 4.90. The fourth-order valence-corrected chi connectivity index (χ4v) is 2.55. The van der Waals surface area contributed by atoms with Crippen LogP contribution in [0.5, 0.6) is 0 Å². The van der Waals surface area contributed by atoms with Crippen molar-refractivity contribution in [3.8, 4) is 0 Å². The molecule has 0 aliphatic heterocycles. The van der Waals surface area contributed by atoms with Gasteiger partial charge in [-0.1, -0.05) is 24.6 Å². The number of hydrogen-bond acceptors (Lipinski definition) is 3. The lowest BCUT2D eigenvalue weighted by molar-refractivity contribution is -0.137. The minimum Gasteiger partial charge on any atom is -0.396 e. The van der Waals surface area contributed by atoms with Crippen molar-refractivity contribution in [2.45, 2.75) is 31.4 Å². The Morgan fingerprint density at radius 2 is 2.00 bits per heavy atom. The summed E-state index contributed by atoms with van der Waals surface area (Å²) in [5, 5.41) is 16.7. The quantitative estimate of drug-likeness (QED) is 0.750. The molecule has 1 heterocycles. The maximum Gasteiger partial charge on any atom is 0.416 e. The van der Waals surface area contributed by atoms with Gasteiger partial charge in [-0.2, -0.15) is 13.2 Å². The van der Waals surface area contributed by atoms with Crippen LogP contribution in [0.4, 0.5) is 13.2 Å². The van der Waals surface area contributed by atoms with Gasteiger partial charge < -0.3 is 10.1 Å². The van der Waals surface area contributed by atoms with E-state index in [0.717, 1.165) is 12.1 Å². The van der Waals surface area contributed by atoms with Crippen molar-refractivity contribution >= 4 is 15.9 Å². The Kier molecular flexibility index (Phi) is 5.57. The van der Waals surface area contributed by atoms with Gasteiger partial charge in [-0.05, 0) is 40.4 Å². The molecule has 0 spiro atoms. The Morgan fingerprint density at radius 1 is 1.23 bits per heavy atom. The van der Waals surface area contributed by atoms with Gasteiger partial charge in [-0.25, -0.2) is 0 Å². The number of nitrogens with zero attached hydrogens (tertiary/aromatic N) is 2. The molecule has 2 N–H and O–H groups in total. The Hall–Kier alpha value is -1.41. The van der Waals surface area contributed by atoms with Gasteiger partial charge in [0.05, 0.1) is 5.56 Å². The van der Waals surface area contributed by atoms with E-state index in [9.17, 15) is 13.2 Å². The molecule has 120 valence electrons. The molecule has 1 atom stereocenters. The standard InChI is InChI=1S/C14H15BrF3N3O/c15-13-19-12(20-21-13)11(6-1-2-7-22)9-4-3-5-10(8-9)14(16,17)18/h3-5,8,11,22H,1-2,6-7H2,(H,19,20,21). The average molecular weight is 378 g/mol. The normalized spacial score (nSPS) is 13.3. The number of aromatic nitrogens is 3. The van der Waals surface area contributed by atoms with Crippen LogP contribution in [0.15, 0.2) is 29.0 Å². The lowest BCUT2D eigenvalue weighted by atomic mass is 9.91. The van der Waals surface area contributed by atoms with Crippen LogP contribution in [0.3, 0.4) is 0 Å². The molecule has 0 saturated heterocycles. The number of hydrogen-bond donors (Lipinski definition) is 2. The predicted molar refractivity (Wildman–Crippen MR) is 78.3 cm³/mol. The number of H-pyrrole nitrogens is 1. The first kappa shape index (κ1) is 17.0. The van der Waals surface area contributed by atoms with E-state index in [1.54, 1.807) is 6.07 Å². The van der Waals surface area contributed by atoms with Gasteiger partial charge in [0.15, 0.2) is 4.73 Å². The van der Waals surface area contributed by atoms with E-state index in [0.29, 0.717) is 35.4 Å². The van der Waals surface area contributed by atoms with Crippen LogP contribution >= 0.6 is 15.9 Å². The fourth-order valence-electron chi connectivity index (χ4n) is 2.26. The summed E-state index contributed by atoms with van der Waals surface area (Å²) in [4.78, 5) is 2.91. The van der Waals surface area contributed by atoms with Crippen LogP contribution < -0.4 is 0 Å². The Morgan fingerprint density at radius 3 is 2.59 bits per heavy atom. The van der Waals surface area contributed by atoms with E-state index < -0.39 is 11.7 Å². The highest BCUT2D eigenvalue weighted by Crippen LogP contribution is 2.34. The fraction of sp³-hybridized carbons (Fsp3) is 0.429. The summed E-state index contributed by atoms with van der Waals surface area (Å²) in [6, 6.07) is 5.22. The van der Waals surface area contributed by atoms with Gasteiger partial charge in [0.2, 0.25) is 0 Å². The van der Waals surface area contributed by atoms with E-state index in [2.05, 4.69) is 31.1 Å². The molecular weight excluding hydrogens is 363 g/mol. The van der Waals surface area contributed by atoms with Gasteiger partial charge in [-0.3, -0.25) is 0 Å². The van der Waals surface area contributed by atoms with Crippen LogP contribution in [0.2, 0.25) is 0 Å². The first-order valence-electron chi connectivity index (χ1n) is 6.78. The number of unbranched alkanes of at least 4 members (excludes halogenated alkanes) is 1. The zero-order valence-electron chi connectivity index (χ0n) is 11.6. The third-order valence-corrected chi connectivity index (χ3v) is 3.68. The molecule has 2 rings (SSSR count). The molecule has 1 aromatic carbocycles. The zero-order chi connectivity index (χ0) is 16.2. The summed E-state index contributed by atoms with van der Waals surface area (Å²) < 4.78 is 39.0. The van der Waals surface area contributed by atoms with Crippen molar-refractivity contribution in [2.24, 2.45) is 0 Å². The summed E-state index contributed by atoms with van der Waals surface area (Å²) in [5.41, 5.74) is -0.160. The van der Waals surface area contributed by atoms with Gasteiger partial charge >= 0.3 is 6.18 Å². The van der Waals surface area contributed by atoms with Gasteiger partial charge in [0.1, 0.15) is 5.82 Å². The molecule has 0 amide bonds. The van der Waals surface area contributed by atoms with E-state index in [1.165, 1.54) is 6.07 Å². The number of rotatable bonds is 6. The highest BCUT2D eigenvalue weighted by atomic mass is 79.9. The predicted octanol–water partition coefficient (Wildman–Crippen LogP) is 3.88. The van der Waals surface area contributed by atoms with Crippen molar-refractivity contribution in [1.29, 1.82) is 0 Å². The highest BCUT2D eigenvalue weighted by Gasteiger charge is 2.31. The van der Waals surface area contributed by atoms with Crippen molar-refractivity contribution in [2.75, 3.05) is 6.61 Å². The number of benzene rings is 1. The summed E-state index contributed by atoms with van der Waals surface area (Å²) in [5.74, 6) is 0.178. The molecule has 8 heteroatoms. The van der Waals surface area contributed by atoms with Crippen LogP contribution in [-0.2, 0) is 6.18 Å². The number of aliphatic hydroxyl groups is 1. The number of nitrogens with one attached hydrogen (secondary N) is 1. The lowest BCUT2D eigenvalue weighted by Gasteiger charge is -2.16. The maximum absolute atomic E-state index is 12.9. The van der Waals surface area contributed by atoms with Gasteiger partial charge in [0, 0.05) is 12.5 Å². The topological polar surface area (TPSA) is 61.8 Å². The number of aliphatic hydroxyl groups excluding tert-OH is 1. The summed E-state index contributed by atoms with van der Waals surface area (Å²) in [6.07, 6.45) is -2.54. The van der Waals surface area contributed by atoms with Gasteiger partial charge in [-0.15, -0.1) is 10.2 Å². The average Bonchev–Trinajstić information content (AvgIpc) is 2.89. The van der Waals surface area contributed by atoms with Gasteiger partial charge in [0.25, 0.3) is 0 Å². The monoisotopic (exact) mass is 377 g/mol. The largest absolute Gasteiger partial charge is 0.416 e. The van der Waals surface area contributed by atoms with Crippen molar-refractivity contribution in [3.05, 3.63) is 46.0 Å². The smallest absolute Gasteiger partial charge is 0.396 e. The molecule has 4 nitrogen and oxygen atoms in total. The van der Waals surface area contributed by atoms with E-state index in [1.807, 2.05) is 0 Å². The Balaban J connectivity index is 2.32. The molecule has 1 aromatic heterocycles. The number of aromatic amines is 1. The third-order valence-electron chi connectivity index (χ3n) is 3.32. The number of halogens is 4. The molecule has 0 bridgehead atoms. The summed E-state index contributed by atoms with van der Waals surface area (Å²) in [6.45, 7) is 0.0510. The molecular formula is C14H15BrF3N3O. The minimum absolute atomic E-state index is 0.0510. The molecule has 0 saturated carbocycles. The summed E-state index contributed by atoms with van der Waals surface area (Å²) >= 11 is 3.15. The molecule has 2 aromatic rings. The van der Waals surface area contributed by atoms with Crippen molar-refractivity contribution < 1.29 is 18.3 Å². The van der Waals surface area contributed by atoms with Crippen molar-refractivity contribution in [3.63, 3.8) is 0 Å². The molecule has 22 heavy (non-hydrogen) atoms.